The number of hydrogen-bond donors (Lipinski definition) is 0. The summed E-state index contributed by atoms with van der Waals surface area (Å²) in [5.41, 5.74) is 2.53. The smallest absolute Gasteiger partial charge is 0.269 e. The number of nitro groups is 1. The van der Waals surface area contributed by atoms with E-state index in [0.717, 1.165) is 29.2 Å². The molecule has 0 aliphatic heterocycles. The molecule has 2 aromatic carbocycles. The highest BCUT2D eigenvalue weighted by molar-refractivity contribution is 7.98. The predicted molar refractivity (Wildman–Crippen MR) is 111 cm³/mol. The van der Waals surface area contributed by atoms with Crippen molar-refractivity contribution in [2.45, 2.75) is 30.8 Å². The van der Waals surface area contributed by atoms with Gasteiger partial charge in [-0.25, -0.2) is 4.98 Å². The average Bonchev–Trinajstić information content (AvgIpc) is 3.31. The van der Waals surface area contributed by atoms with Crippen LogP contribution in [0, 0.1) is 10.1 Å². The van der Waals surface area contributed by atoms with Crippen LogP contribution in [0.3, 0.4) is 0 Å². The summed E-state index contributed by atoms with van der Waals surface area (Å²) in [6, 6.07) is 11.7. The molecule has 2 heterocycles. The molecule has 0 spiro atoms. The molecular weight excluding hydrogens is 414 g/mol. The largest absolute Gasteiger partial charge is 0.420 e. The Kier molecular flexibility index (Phi) is 5.50. The van der Waals surface area contributed by atoms with Gasteiger partial charge in [-0.15, -0.1) is 10.2 Å². The first kappa shape index (κ1) is 19.4. The van der Waals surface area contributed by atoms with Gasteiger partial charge in [0.05, 0.1) is 21.7 Å². The number of halogens is 1. The molecule has 29 heavy (non-hydrogen) atoms. The van der Waals surface area contributed by atoms with E-state index in [1.165, 1.54) is 23.9 Å². The first-order valence-corrected chi connectivity index (χ1v) is 10.3. The summed E-state index contributed by atoms with van der Waals surface area (Å²) in [5, 5.41) is 20.4. The summed E-state index contributed by atoms with van der Waals surface area (Å²) in [6.07, 6.45) is 0.979. The Labute approximate surface area is 175 Å². The van der Waals surface area contributed by atoms with E-state index in [1.54, 1.807) is 12.1 Å². The third kappa shape index (κ3) is 4.10. The zero-order chi connectivity index (χ0) is 20.4. The number of imidazole rings is 1. The minimum Gasteiger partial charge on any atom is -0.420 e. The SMILES string of the molecule is CCCn1c(SCc2nnc(-c3ccc([N+](=O)[O-])cc3)o2)nc2cc(Cl)ccc21. The van der Waals surface area contributed by atoms with Crippen LogP contribution in [0.15, 0.2) is 52.0 Å². The first-order chi connectivity index (χ1) is 14.0. The number of hydrogen-bond acceptors (Lipinski definition) is 7. The lowest BCUT2D eigenvalue weighted by Crippen LogP contribution is -1.98. The molecule has 0 saturated heterocycles. The summed E-state index contributed by atoms with van der Waals surface area (Å²) in [6.45, 7) is 2.96. The van der Waals surface area contributed by atoms with E-state index in [0.29, 0.717) is 28.1 Å². The van der Waals surface area contributed by atoms with E-state index >= 15 is 0 Å². The van der Waals surface area contributed by atoms with Crippen molar-refractivity contribution < 1.29 is 9.34 Å². The Bertz CT molecular complexity index is 1170. The fourth-order valence-corrected chi connectivity index (χ4v) is 3.96. The van der Waals surface area contributed by atoms with E-state index < -0.39 is 4.92 Å². The van der Waals surface area contributed by atoms with Gasteiger partial charge in [0.15, 0.2) is 5.16 Å². The molecule has 0 radical (unpaired) electrons. The Morgan fingerprint density at radius 2 is 2.00 bits per heavy atom. The fourth-order valence-electron chi connectivity index (χ4n) is 2.91. The van der Waals surface area contributed by atoms with Gasteiger partial charge in [-0.05, 0) is 36.8 Å². The first-order valence-electron chi connectivity index (χ1n) is 8.91. The minimum absolute atomic E-state index is 0.0129. The molecule has 2 aromatic heterocycles. The number of non-ortho nitro benzene ring substituents is 1. The van der Waals surface area contributed by atoms with Gasteiger partial charge in [-0.3, -0.25) is 10.1 Å². The number of nitro benzene ring substituents is 1. The maximum Gasteiger partial charge on any atom is 0.269 e. The molecule has 148 valence electrons. The van der Waals surface area contributed by atoms with E-state index in [-0.39, 0.29) is 5.69 Å². The molecule has 4 rings (SSSR count). The Morgan fingerprint density at radius 1 is 1.21 bits per heavy atom. The van der Waals surface area contributed by atoms with Gasteiger partial charge in [-0.1, -0.05) is 30.3 Å². The van der Waals surface area contributed by atoms with Gasteiger partial charge in [0.2, 0.25) is 11.8 Å². The zero-order valence-electron chi connectivity index (χ0n) is 15.4. The lowest BCUT2D eigenvalue weighted by molar-refractivity contribution is -0.384. The number of nitrogens with zero attached hydrogens (tertiary/aromatic N) is 5. The molecule has 0 fully saturated rings. The Morgan fingerprint density at radius 3 is 2.72 bits per heavy atom. The second-order valence-corrected chi connectivity index (χ2v) is 7.65. The third-order valence-corrected chi connectivity index (χ3v) is 5.44. The number of aromatic nitrogens is 4. The van der Waals surface area contributed by atoms with Crippen molar-refractivity contribution in [2.75, 3.05) is 0 Å². The molecule has 0 N–H and O–H groups in total. The maximum atomic E-state index is 10.8. The van der Waals surface area contributed by atoms with Gasteiger partial charge >= 0.3 is 0 Å². The topological polar surface area (TPSA) is 99.9 Å². The van der Waals surface area contributed by atoms with Gasteiger partial charge in [0.1, 0.15) is 0 Å². The second kappa shape index (κ2) is 8.22. The van der Waals surface area contributed by atoms with Crippen LogP contribution in [0.25, 0.3) is 22.5 Å². The number of fused-ring (bicyclic) bond motifs is 1. The van der Waals surface area contributed by atoms with E-state index in [9.17, 15) is 10.1 Å². The molecule has 0 unspecified atom stereocenters. The van der Waals surface area contributed by atoms with Crippen LogP contribution < -0.4 is 0 Å². The van der Waals surface area contributed by atoms with Crippen LogP contribution in [0.4, 0.5) is 5.69 Å². The van der Waals surface area contributed by atoms with Crippen molar-refractivity contribution in [3.8, 4) is 11.5 Å². The van der Waals surface area contributed by atoms with Crippen LogP contribution in [-0.4, -0.2) is 24.7 Å². The molecule has 0 aliphatic carbocycles. The van der Waals surface area contributed by atoms with Crippen molar-refractivity contribution in [1.29, 1.82) is 0 Å². The molecule has 8 nitrogen and oxygen atoms in total. The highest BCUT2D eigenvalue weighted by Gasteiger charge is 2.15. The third-order valence-electron chi connectivity index (χ3n) is 4.24. The van der Waals surface area contributed by atoms with Gasteiger partial charge in [0.25, 0.3) is 5.69 Å². The molecule has 0 saturated carbocycles. The van der Waals surface area contributed by atoms with E-state index in [1.807, 2.05) is 18.2 Å². The quantitative estimate of drug-likeness (QED) is 0.222. The van der Waals surface area contributed by atoms with Crippen molar-refractivity contribution >= 4 is 40.1 Å². The standard InChI is InChI=1S/C19H16ClN5O3S/c1-2-9-24-16-8-5-13(20)10-15(16)21-19(24)29-11-17-22-23-18(28-17)12-3-6-14(7-4-12)25(26)27/h3-8,10H,2,9,11H2,1H3. The number of rotatable bonds is 7. The number of aryl methyl sites for hydroxylation is 1. The van der Waals surface area contributed by atoms with Crippen LogP contribution in [0.1, 0.15) is 19.2 Å². The van der Waals surface area contributed by atoms with E-state index in [4.69, 9.17) is 16.0 Å². The van der Waals surface area contributed by atoms with Crippen molar-refractivity contribution in [3.63, 3.8) is 0 Å². The molecule has 0 bridgehead atoms. The van der Waals surface area contributed by atoms with Gasteiger partial charge in [0, 0.05) is 29.3 Å². The Balaban J connectivity index is 1.52. The van der Waals surface area contributed by atoms with Crippen LogP contribution >= 0.6 is 23.4 Å². The van der Waals surface area contributed by atoms with Gasteiger partial charge < -0.3 is 8.98 Å². The van der Waals surface area contributed by atoms with Crippen molar-refractivity contribution in [3.05, 3.63) is 63.5 Å². The fraction of sp³-hybridized carbons (Fsp3) is 0.211. The summed E-state index contributed by atoms with van der Waals surface area (Å²) in [4.78, 5) is 15.0. The van der Waals surface area contributed by atoms with Gasteiger partial charge in [-0.2, -0.15) is 0 Å². The highest BCUT2D eigenvalue weighted by atomic mass is 35.5. The summed E-state index contributed by atoms with van der Waals surface area (Å²) < 4.78 is 7.87. The predicted octanol–water partition coefficient (Wildman–Crippen LogP) is 5.35. The summed E-state index contributed by atoms with van der Waals surface area (Å²) >= 11 is 7.60. The molecule has 0 atom stereocenters. The maximum absolute atomic E-state index is 10.8. The van der Waals surface area contributed by atoms with Crippen LogP contribution in [0.2, 0.25) is 5.02 Å². The monoisotopic (exact) mass is 429 g/mol. The molecule has 4 aromatic rings. The zero-order valence-corrected chi connectivity index (χ0v) is 17.0. The van der Waals surface area contributed by atoms with Crippen molar-refractivity contribution in [1.82, 2.24) is 19.7 Å². The lowest BCUT2D eigenvalue weighted by Gasteiger charge is -2.06. The summed E-state index contributed by atoms with van der Waals surface area (Å²) in [7, 11) is 0. The lowest BCUT2D eigenvalue weighted by atomic mass is 10.2. The van der Waals surface area contributed by atoms with E-state index in [2.05, 4.69) is 26.7 Å². The van der Waals surface area contributed by atoms with Crippen molar-refractivity contribution in [2.24, 2.45) is 0 Å². The molecular formula is C19H16ClN5O3S. The number of thioether (sulfide) groups is 1. The minimum atomic E-state index is -0.449. The highest BCUT2D eigenvalue weighted by Crippen LogP contribution is 2.29. The Hall–Kier alpha value is -2.91. The molecule has 10 heteroatoms. The molecule has 0 amide bonds. The summed E-state index contributed by atoms with van der Waals surface area (Å²) in [5.74, 6) is 1.24. The molecule has 0 aliphatic rings. The van der Waals surface area contributed by atoms with Crippen LogP contribution in [-0.2, 0) is 12.3 Å². The normalized spacial score (nSPS) is 11.2. The number of benzene rings is 2. The average molecular weight is 430 g/mol. The second-order valence-electron chi connectivity index (χ2n) is 6.27. The van der Waals surface area contributed by atoms with Crippen LogP contribution in [0.5, 0.6) is 0 Å².